The third-order valence-electron chi connectivity index (χ3n) is 2.44. The number of carbonyl (C=O) groups is 1. The maximum absolute atomic E-state index is 10.7. The van der Waals surface area contributed by atoms with Crippen molar-refractivity contribution < 1.29 is 9.72 Å². The summed E-state index contributed by atoms with van der Waals surface area (Å²) in [7, 11) is 0. The molecule has 0 bridgehead atoms. The molecular weight excluding hydrogens is 302 g/mol. The number of nitro benzene ring substituents is 1. The van der Waals surface area contributed by atoms with Crippen molar-refractivity contribution in [3.05, 3.63) is 56.6 Å². The second-order valence-electron chi connectivity index (χ2n) is 3.56. The van der Waals surface area contributed by atoms with E-state index in [1.807, 2.05) is 0 Å². The molecule has 92 valence electrons. The Hall–Kier alpha value is -2.02. The number of carbonyl (C=O) groups excluding carboxylic acids is 1. The smallest absolute Gasteiger partial charge is 0.270 e. The van der Waals surface area contributed by atoms with Crippen molar-refractivity contribution in [2.24, 2.45) is 0 Å². The molecule has 2 aromatic rings. The molecule has 1 aromatic heterocycles. The molecule has 2 rings (SSSR count). The summed E-state index contributed by atoms with van der Waals surface area (Å²) in [6, 6.07) is 4.52. The van der Waals surface area contributed by atoms with E-state index in [-0.39, 0.29) is 5.69 Å². The molecule has 0 saturated carbocycles. The van der Waals surface area contributed by atoms with E-state index >= 15 is 0 Å². The Morgan fingerprint density at radius 2 is 2.28 bits per heavy atom. The Labute approximate surface area is 111 Å². The third kappa shape index (κ3) is 2.45. The van der Waals surface area contributed by atoms with Gasteiger partial charge in [0.25, 0.3) is 5.69 Å². The highest BCUT2D eigenvalue weighted by molar-refractivity contribution is 9.10. The molecular formula is C11H8BrN3O3. The summed E-state index contributed by atoms with van der Waals surface area (Å²) < 4.78 is 2.29. The Morgan fingerprint density at radius 1 is 1.50 bits per heavy atom. The van der Waals surface area contributed by atoms with Gasteiger partial charge < -0.3 is 4.57 Å². The van der Waals surface area contributed by atoms with Crippen LogP contribution in [-0.2, 0) is 6.54 Å². The highest BCUT2D eigenvalue weighted by Crippen LogP contribution is 2.23. The van der Waals surface area contributed by atoms with E-state index in [2.05, 4.69) is 20.9 Å². The van der Waals surface area contributed by atoms with Crippen molar-refractivity contribution in [1.82, 2.24) is 9.55 Å². The Bertz CT molecular complexity index is 609. The number of rotatable bonds is 4. The quantitative estimate of drug-likeness (QED) is 0.493. The summed E-state index contributed by atoms with van der Waals surface area (Å²) in [5.74, 6) is 0.320. The predicted molar refractivity (Wildman–Crippen MR) is 67.5 cm³/mol. The molecule has 7 heteroatoms. The first-order chi connectivity index (χ1) is 8.61. The molecule has 0 fully saturated rings. The van der Waals surface area contributed by atoms with Crippen LogP contribution in [0.5, 0.6) is 0 Å². The maximum atomic E-state index is 10.7. The Kier molecular flexibility index (Phi) is 3.52. The van der Waals surface area contributed by atoms with E-state index in [0.717, 1.165) is 5.56 Å². The van der Waals surface area contributed by atoms with Gasteiger partial charge in [0.05, 0.1) is 11.5 Å². The number of imidazole rings is 1. The second-order valence-corrected chi connectivity index (χ2v) is 4.42. The molecule has 18 heavy (non-hydrogen) atoms. The molecule has 0 aliphatic heterocycles. The molecule has 0 saturated heterocycles. The van der Waals surface area contributed by atoms with Crippen LogP contribution in [0, 0.1) is 10.1 Å². The number of benzene rings is 1. The van der Waals surface area contributed by atoms with Gasteiger partial charge in [-0.1, -0.05) is 15.9 Å². The van der Waals surface area contributed by atoms with Gasteiger partial charge in [-0.3, -0.25) is 14.9 Å². The summed E-state index contributed by atoms with van der Waals surface area (Å²) in [6.07, 6.45) is 3.87. The van der Waals surface area contributed by atoms with E-state index in [1.54, 1.807) is 16.8 Å². The van der Waals surface area contributed by atoms with Crippen LogP contribution in [0.3, 0.4) is 0 Å². The molecule has 0 amide bonds. The topological polar surface area (TPSA) is 78.0 Å². The molecule has 0 N–H and O–H groups in total. The number of hydrogen-bond acceptors (Lipinski definition) is 4. The van der Waals surface area contributed by atoms with Gasteiger partial charge in [-0.05, 0) is 11.6 Å². The van der Waals surface area contributed by atoms with E-state index in [4.69, 9.17) is 0 Å². The van der Waals surface area contributed by atoms with Crippen LogP contribution < -0.4 is 0 Å². The average molecular weight is 310 g/mol. The minimum Gasteiger partial charge on any atom is -0.324 e. The number of hydrogen-bond donors (Lipinski definition) is 0. The molecule has 1 aromatic carbocycles. The van der Waals surface area contributed by atoms with Crippen LogP contribution >= 0.6 is 15.9 Å². The molecule has 0 radical (unpaired) electrons. The largest absolute Gasteiger partial charge is 0.324 e. The van der Waals surface area contributed by atoms with E-state index in [1.165, 1.54) is 18.3 Å². The number of aldehydes is 1. The van der Waals surface area contributed by atoms with Crippen molar-refractivity contribution in [2.45, 2.75) is 6.54 Å². The molecule has 0 spiro atoms. The van der Waals surface area contributed by atoms with Crippen LogP contribution in [0.15, 0.2) is 35.1 Å². The molecule has 0 atom stereocenters. The lowest BCUT2D eigenvalue weighted by Gasteiger charge is -2.06. The van der Waals surface area contributed by atoms with Gasteiger partial charge in [0, 0.05) is 29.0 Å². The van der Waals surface area contributed by atoms with Gasteiger partial charge in [0.2, 0.25) is 0 Å². The maximum Gasteiger partial charge on any atom is 0.270 e. The monoisotopic (exact) mass is 309 g/mol. The van der Waals surface area contributed by atoms with Crippen molar-refractivity contribution in [3.63, 3.8) is 0 Å². The van der Waals surface area contributed by atoms with Crippen LogP contribution in [0.2, 0.25) is 0 Å². The number of aromatic nitrogens is 2. The van der Waals surface area contributed by atoms with Gasteiger partial charge in [-0.15, -0.1) is 0 Å². The normalized spacial score (nSPS) is 10.3. The Balaban J connectivity index is 2.30. The molecule has 6 nitrogen and oxygen atoms in total. The highest BCUT2D eigenvalue weighted by Gasteiger charge is 2.10. The fourth-order valence-electron chi connectivity index (χ4n) is 1.53. The van der Waals surface area contributed by atoms with Crippen LogP contribution in [0.25, 0.3) is 0 Å². The van der Waals surface area contributed by atoms with Crippen molar-refractivity contribution in [3.8, 4) is 0 Å². The minimum absolute atomic E-state index is 0.0202. The van der Waals surface area contributed by atoms with E-state index in [9.17, 15) is 14.9 Å². The van der Waals surface area contributed by atoms with Gasteiger partial charge >= 0.3 is 0 Å². The summed E-state index contributed by atoms with van der Waals surface area (Å²) in [5, 5.41) is 10.6. The minimum atomic E-state index is -0.456. The van der Waals surface area contributed by atoms with Crippen molar-refractivity contribution in [1.29, 1.82) is 0 Å². The van der Waals surface area contributed by atoms with Crippen LogP contribution in [0.4, 0.5) is 5.69 Å². The summed E-state index contributed by atoms with van der Waals surface area (Å²) in [4.78, 5) is 24.7. The van der Waals surface area contributed by atoms with Crippen molar-refractivity contribution in [2.75, 3.05) is 0 Å². The first-order valence-corrected chi connectivity index (χ1v) is 5.80. The summed E-state index contributed by atoms with van der Waals surface area (Å²) in [5.41, 5.74) is 0.855. The number of nitrogens with zero attached hydrogens (tertiary/aromatic N) is 3. The van der Waals surface area contributed by atoms with E-state index < -0.39 is 4.92 Å². The summed E-state index contributed by atoms with van der Waals surface area (Å²) >= 11 is 3.28. The molecule has 1 heterocycles. The molecule has 0 aliphatic rings. The van der Waals surface area contributed by atoms with E-state index in [0.29, 0.717) is 23.1 Å². The van der Waals surface area contributed by atoms with Gasteiger partial charge in [-0.25, -0.2) is 4.98 Å². The first-order valence-electron chi connectivity index (χ1n) is 5.01. The Morgan fingerprint density at radius 3 is 2.89 bits per heavy atom. The lowest BCUT2D eigenvalue weighted by Crippen LogP contribution is -2.04. The van der Waals surface area contributed by atoms with Crippen LogP contribution in [0.1, 0.15) is 16.2 Å². The fourth-order valence-corrected chi connectivity index (χ4v) is 2.03. The zero-order chi connectivity index (χ0) is 13.1. The number of non-ortho nitro benzene ring substituents is 1. The fraction of sp³-hybridized carbons (Fsp3) is 0.0909. The first kappa shape index (κ1) is 12.4. The molecule has 0 unspecified atom stereocenters. The lowest BCUT2D eigenvalue weighted by atomic mass is 10.2. The average Bonchev–Trinajstić information content (AvgIpc) is 2.78. The van der Waals surface area contributed by atoms with Gasteiger partial charge in [0.1, 0.15) is 0 Å². The summed E-state index contributed by atoms with van der Waals surface area (Å²) in [6.45, 7) is 0.423. The lowest BCUT2D eigenvalue weighted by molar-refractivity contribution is -0.384. The molecule has 0 aliphatic carbocycles. The van der Waals surface area contributed by atoms with Gasteiger partial charge in [-0.2, -0.15) is 0 Å². The standard InChI is InChI=1S/C11H8BrN3O3/c12-10-5-9(15(17)18)2-1-8(10)6-14-4-3-13-11(14)7-16/h1-5,7H,6H2. The highest BCUT2D eigenvalue weighted by atomic mass is 79.9. The zero-order valence-electron chi connectivity index (χ0n) is 9.12. The number of halogens is 1. The predicted octanol–water partition coefficient (Wildman–Crippen LogP) is 2.41. The third-order valence-corrected chi connectivity index (χ3v) is 3.18. The second kappa shape index (κ2) is 5.09. The number of nitro groups is 1. The van der Waals surface area contributed by atoms with Crippen LogP contribution in [-0.4, -0.2) is 20.8 Å². The van der Waals surface area contributed by atoms with Gasteiger partial charge in [0.15, 0.2) is 12.1 Å². The SMILES string of the molecule is O=Cc1nccn1Cc1ccc([N+](=O)[O-])cc1Br. The zero-order valence-corrected chi connectivity index (χ0v) is 10.7. The van der Waals surface area contributed by atoms with Crippen molar-refractivity contribution >= 4 is 27.9 Å².